The molecule has 0 unspecified atom stereocenters. The van der Waals surface area contributed by atoms with Crippen LogP contribution in [0, 0.1) is 5.82 Å². The lowest BCUT2D eigenvalue weighted by Crippen LogP contribution is -2.09. The molecule has 0 bridgehead atoms. The Balaban J connectivity index is 2.20. The lowest BCUT2D eigenvalue weighted by Gasteiger charge is -2.14. The topological polar surface area (TPSA) is 53.1 Å². The van der Waals surface area contributed by atoms with Crippen LogP contribution in [0.1, 0.15) is 13.3 Å². The minimum absolute atomic E-state index is 0.166. The van der Waals surface area contributed by atoms with Gasteiger partial charge in [0.15, 0.2) is 11.6 Å². The highest BCUT2D eigenvalue weighted by atomic mass is 19.1. The van der Waals surface area contributed by atoms with Gasteiger partial charge in [-0.15, -0.1) is 0 Å². The van der Waals surface area contributed by atoms with Crippen molar-refractivity contribution in [3.8, 4) is 0 Å². The Morgan fingerprint density at radius 1 is 1.29 bits per heavy atom. The molecule has 112 valence electrons. The van der Waals surface area contributed by atoms with E-state index in [4.69, 9.17) is 0 Å². The van der Waals surface area contributed by atoms with E-state index in [0.717, 1.165) is 24.3 Å². The first-order chi connectivity index (χ1) is 10.1. The van der Waals surface area contributed by atoms with Crippen molar-refractivity contribution in [2.75, 3.05) is 36.2 Å². The molecule has 1 heterocycles. The predicted octanol–water partition coefficient (Wildman–Crippen LogP) is 3.25. The van der Waals surface area contributed by atoms with Gasteiger partial charge in [-0.1, -0.05) is 13.0 Å². The number of aromatic nitrogens is 2. The van der Waals surface area contributed by atoms with Crippen LogP contribution in [0.15, 0.2) is 30.5 Å². The lowest BCUT2D eigenvalue weighted by molar-refractivity contribution is 0.619. The van der Waals surface area contributed by atoms with Crippen molar-refractivity contribution in [3.63, 3.8) is 0 Å². The molecule has 0 radical (unpaired) electrons. The second kappa shape index (κ2) is 6.88. The molecule has 6 heteroatoms. The summed E-state index contributed by atoms with van der Waals surface area (Å²) >= 11 is 0. The number of anilines is 4. The molecule has 2 N–H and O–H groups in total. The van der Waals surface area contributed by atoms with Crippen molar-refractivity contribution in [2.24, 2.45) is 0 Å². The molecule has 2 aromatic rings. The molecule has 0 aliphatic heterocycles. The van der Waals surface area contributed by atoms with Gasteiger partial charge in [0.2, 0.25) is 5.95 Å². The fraction of sp³-hybridized carbons (Fsp3) is 0.333. The molecule has 0 spiro atoms. The van der Waals surface area contributed by atoms with Crippen molar-refractivity contribution in [2.45, 2.75) is 13.3 Å². The van der Waals surface area contributed by atoms with Gasteiger partial charge in [-0.05, 0) is 24.6 Å². The van der Waals surface area contributed by atoms with Crippen LogP contribution in [-0.2, 0) is 0 Å². The Kier molecular flexibility index (Phi) is 4.92. The molecule has 2 rings (SSSR count). The van der Waals surface area contributed by atoms with Crippen LogP contribution in [0.5, 0.6) is 0 Å². The van der Waals surface area contributed by atoms with Gasteiger partial charge in [0.25, 0.3) is 0 Å². The van der Waals surface area contributed by atoms with Crippen molar-refractivity contribution >= 4 is 23.1 Å². The fourth-order valence-electron chi connectivity index (χ4n) is 1.78. The zero-order valence-corrected chi connectivity index (χ0v) is 12.5. The predicted molar refractivity (Wildman–Crippen MR) is 84.8 cm³/mol. The molecule has 0 saturated heterocycles. The first-order valence-corrected chi connectivity index (χ1v) is 6.91. The Hall–Kier alpha value is -2.37. The van der Waals surface area contributed by atoms with E-state index in [9.17, 15) is 4.39 Å². The van der Waals surface area contributed by atoms with Gasteiger partial charge in [0, 0.05) is 32.0 Å². The molecular weight excluding hydrogens is 269 g/mol. The van der Waals surface area contributed by atoms with E-state index in [1.807, 2.05) is 50.2 Å². The van der Waals surface area contributed by atoms with Crippen molar-refractivity contribution in [1.82, 2.24) is 9.97 Å². The van der Waals surface area contributed by atoms with E-state index in [1.54, 1.807) is 0 Å². The number of hydrogen-bond acceptors (Lipinski definition) is 5. The highest BCUT2D eigenvalue weighted by Gasteiger charge is 2.07. The first kappa shape index (κ1) is 15.0. The number of benzene rings is 1. The molecule has 0 amide bonds. The second-order valence-corrected chi connectivity index (χ2v) is 4.89. The average Bonchev–Trinajstić information content (AvgIpc) is 2.48. The van der Waals surface area contributed by atoms with Gasteiger partial charge in [0.05, 0.1) is 6.20 Å². The van der Waals surface area contributed by atoms with Crippen molar-refractivity contribution in [1.29, 1.82) is 0 Å². The highest BCUT2D eigenvalue weighted by Crippen LogP contribution is 2.22. The van der Waals surface area contributed by atoms with Crippen LogP contribution in [0.25, 0.3) is 0 Å². The first-order valence-electron chi connectivity index (χ1n) is 6.91. The van der Waals surface area contributed by atoms with Gasteiger partial charge in [0.1, 0.15) is 0 Å². The van der Waals surface area contributed by atoms with Gasteiger partial charge in [-0.2, -0.15) is 4.98 Å². The van der Waals surface area contributed by atoms with Crippen molar-refractivity contribution < 1.29 is 4.39 Å². The molecule has 1 aromatic carbocycles. The molecule has 1 aromatic heterocycles. The Bertz CT molecular complexity index is 600. The van der Waals surface area contributed by atoms with E-state index in [2.05, 4.69) is 20.6 Å². The molecule has 0 atom stereocenters. The highest BCUT2D eigenvalue weighted by molar-refractivity contribution is 5.63. The van der Waals surface area contributed by atoms with E-state index in [-0.39, 0.29) is 5.82 Å². The quantitative estimate of drug-likeness (QED) is 0.855. The fourth-order valence-corrected chi connectivity index (χ4v) is 1.78. The summed E-state index contributed by atoms with van der Waals surface area (Å²) in [5, 5.41) is 6.03. The zero-order valence-electron chi connectivity index (χ0n) is 12.5. The normalized spacial score (nSPS) is 10.3. The average molecular weight is 289 g/mol. The summed E-state index contributed by atoms with van der Waals surface area (Å²) in [6.07, 6.45) is 2.12. The van der Waals surface area contributed by atoms with Gasteiger partial charge in [-0.3, -0.25) is 0 Å². The van der Waals surface area contributed by atoms with Gasteiger partial charge in [-0.25, -0.2) is 9.37 Å². The molecule has 21 heavy (non-hydrogen) atoms. The maximum atomic E-state index is 13.8. The zero-order chi connectivity index (χ0) is 15.2. The number of hydrogen-bond donors (Lipinski definition) is 2. The van der Waals surface area contributed by atoms with Crippen molar-refractivity contribution in [3.05, 3.63) is 36.3 Å². The van der Waals surface area contributed by atoms with Crippen LogP contribution >= 0.6 is 0 Å². The van der Waals surface area contributed by atoms with E-state index in [1.165, 1.54) is 6.20 Å². The third-order valence-electron chi connectivity index (χ3n) is 2.90. The maximum absolute atomic E-state index is 13.8. The summed E-state index contributed by atoms with van der Waals surface area (Å²) in [5.41, 5.74) is 1.80. The Morgan fingerprint density at radius 2 is 2.10 bits per heavy atom. The van der Waals surface area contributed by atoms with Crippen LogP contribution in [0.3, 0.4) is 0 Å². The number of rotatable bonds is 6. The molecule has 0 saturated carbocycles. The third-order valence-corrected chi connectivity index (χ3v) is 2.90. The number of halogens is 1. The minimum atomic E-state index is -0.479. The maximum Gasteiger partial charge on any atom is 0.224 e. The second-order valence-electron chi connectivity index (χ2n) is 4.89. The van der Waals surface area contributed by atoms with Crippen LogP contribution in [0.2, 0.25) is 0 Å². The largest absolute Gasteiger partial charge is 0.378 e. The molecule has 0 aliphatic carbocycles. The smallest absolute Gasteiger partial charge is 0.224 e. The standard InChI is InChI=1S/C15H20FN5/c1-4-8-17-15-18-10-13(16)14(20-15)19-11-6-5-7-12(9-11)21(2)3/h5-7,9-10H,4,8H2,1-3H3,(H2,17,18,19,20). The van der Waals surface area contributed by atoms with Gasteiger partial charge >= 0.3 is 0 Å². The van der Waals surface area contributed by atoms with E-state index >= 15 is 0 Å². The Morgan fingerprint density at radius 3 is 2.81 bits per heavy atom. The molecule has 5 nitrogen and oxygen atoms in total. The van der Waals surface area contributed by atoms with E-state index < -0.39 is 5.82 Å². The monoisotopic (exact) mass is 289 g/mol. The minimum Gasteiger partial charge on any atom is -0.378 e. The molecular formula is C15H20FN5. The lowest BCUT2D eigenvalue weighted by atomic mass is 10.2. The summed E-state index contributed by atoms with van der Waals surface area (Å²) in [7, 11) is 3.91. The molecule has 0 aliphatic rings. The molecule has 0 fully saturated rings. The number of nitrogens with one attached hydrogen (secondary N) is 2. The summed E-state index contributed by atoms with van der Waals surface area (Å²) in [6.45, 7) is 2.80. The SMILES string of the molecule is CCCNc1ncc(F)c(Nc2cccc(N(C)C)c2)n1. The van der Waals surface area contributed by atoms with E-state index in [0.29, 0.717) is 5.95 Å². The summed E-state index contributed by atoms with van der Waals surface area (Å²) in [6, 6.07) is 7.69. The van der Waals surface area contributed by atoms with Crippen LogP contribution < -0.4 is 15.5 Å². The number of nitrogens with zero attached hydrogens (tertiary/aromatic N) is 3. The Labute approximate surface area is 124 Å². The summed E-state index contributed by atoms with van der Waals surface area (Å²) in [5.74, 6) is 0.108. The summed E-state index contributed by atoms with van der Waals surface area (Å²) < 4.78 is 13.8. The van der Waals surface area contributed by atoms with Crippen LogP contribution in [-0.4, -0.2) is 30.6 Å². The van der Waals surface area contributed by atoms with Gasteiger partial charge < -0.3 is 15.5 Å². The van der Waals surface area contributed by atoms with Crippen LogP contribution in [0.4, 0.5) is 27.5 Å². The third kappa shape index (κ3) is 4.05. The summed E-state index contributed by atoms with van der Waals surface area (Å²) in [4.78, 5) is 10.1.